The molecule has 1 aliphatic heterocycles. The third-order valence-corrected chi connectivity index (χ3v) is 2.54. The van der Waals surface area contributed by atoms with E-state index in [-0.39, 0.29) is 12.1 Å². The first kappa shape index (κ1) is 8.85. The van der Waals surface area contributed by atoms with Crippen molar-refractivity contribution < 1.29 is 4.74 Å². The smallest absolute Gasteiger partial charge is 0.123 e. The Bertz CT molecular complexity index is 325. The summed E-state index contributed by atoms with van der Waals surface area (Å²) >= 11 is 5.86. The normalized spacial score (nSPS) is 22.2. The molecule has 0 aromatic heterocycles. The minimum absolute atomic E-state index is 0.0613. The Morgan fingerprint density at radius 2 is 2.38 bits per heavy atom. The standard InChI is InChI=1S/C10H12ClNO/c1-6(12)10-5-7-4-8(11)2-3-9(7)13-10/h2-4,6,10H,5,12H2,1H3. The van der Waals surface area contributed by atoms with Crippen molar-refractivity contribution in [2.45, 2.75) is 25.5 Å². The SMILES string of the molecule is CC(N)C1Cc2cc(Cl)ccc2O1. The van der Waals surface area contributed by atoms with Gasteiger partial charge in [-0.3, -0.25) is 0 Å². The van der Waals surface area contributed by atoms with Gasteiger partial charge in [-0.1, -0.05) is 11.6 Å². The highest BCUT2D eigenvalue weighted by Crippen LogP contribution is 2.31. The van der Waals surface area contributed by atoms with Gasteiger partial charge in [0.25, 0.3) is 0 Å². The summed E-state index contributed by atoms with van der Waals surface area (Å²) in [5, 5.41) is 0.757. The summed E-state index contributed by atoms with van der Waals surface area (Å²) in [6, 6.07) is 5.75. The lowest BCUT2D eigenvalue weighted by Gasteiger charge is -2.13. The zero-order chi connectivity index (χ0) is 9.42. The highest BCUT2D eigenvalue weighted by Gasteiger charge is 2.25. The van der Waals surface area contributed by atoms with E-state index < -0.39 is 0 Å². The predicted molar refractivity (Wildman–Crippen MR) is 53.2 cm³/mol. The summed E-state index contributed by atoms with van der Waals surface area (Å²) in [4.78, 5) is 0. The van der Waals surface area contributed by atoms with Gasteiger partial charge in [-0.15, -0.1) is 0 Å². The van der Waals surface area contributed by atoms with E-state index in [2.05, 4.69) is 0 Å². The monoisotopic (exact) mass is 197 g/mol. The molecule has 1 heterocycles. The number of halogens is 1. The Labute approximate surface area is 82.6 Å². The number of hydrogen-bond donors (Lipinski definition) is 1. The Balaban J connectivity index is 2.25. The van der Waals surface area contributed by atoms with E-state index >= 15 is 0 Å². The largest absolute Gasteiger partial charge is 0.488 e. The van der Waals surface area contributed by atoms with E-state index in [9.17, 15) is 0 Å². The predicted octanol–water partition coefficient (Wildman–Crippen LogP) is 1.99. The molecule has 0 amide bonds. The summed E-state index contributed by atoms with van der Waals surface area (Å²) in [7, 11) is 0. The van der Waals surface area contributed by atoms with Gasteiger partial charge < -0.3 is 10.5 Å². The van der Waals surface area contributed by atoms with Gasteiger partial charge in [-0.25, -0.2) is 0 Å². The van der Waals surface area contributed by atoms with Crippen LogP contribution in [0.15, 0.2) is 18.2 Å². The van der Waals surface area contributed by atoms with Crippen LogP contribution in [-0.2, 0) is 6.42 Å². The number of rotatable bonds is 1. The zero-order valence-corrected chi connectivity index (χ0v) is 8.21. The van der Waals surface area contributed by atoms with Crippen LogP contribution < -0.4 is 10.5 Å². The highest BCUT2D eigenvalue weighted by atomic mass is 35.5. The van der Waals surface area contributed by atoms with Gasteiger partial charge in [-0.2, -0.15) is 0 Å². The van der Waals surface area contributed by atoms with Crippen LogP contribution in [0.4, 0.5) is 0 Å². The van der Waals surface area contributed by atoms with Crippen molar-refractivity contribution in [2.24, 2.45) is 5.73 Å². The number of ether oxygens (including phenoxy) is 1. The van der Waals surface area contributed by atoms with Crippen LogP contribution in [0, 0.1) is 0 Å². The number of fused-ring (bicyclic) bond motifs is 1. The average Bonchev–Trinajstić information content (AvgIpc) is 2.46. The molecule has 2 unspecified atom stereocenters. The van der Waals surface area contributed by atoms with Gasteiger partial charge >= 0.3 is 0 Å². The van der Waals surface area contributed by atoms with Crippen molar-refractivity contribution >= 4 is 11.6 Å². The first-order valence-corrected chi connectivity index (χ1v) is 4.75. The molecule has 0 saturated heterocycles. The van der Waals surface area contributed by atoms with Gasteiger partial charge in [0.1, 0.15) is 11.9 Å². The maximum Gasteiger partial charge on any atom is 0.123 e. The van der Waals surface area contributed by atoms with Crippen molar-refractivity contribution in [1.29, 1.82) is 0 Å². The molecule has 1 aromatic carbocycles. The van der Waals surface area contributed by atoms with Crippen molar-refractivity contribution in [1.82, 2.24) is 0 Å². The molecule has 0 radical (unpaired) electrons. The van der Waals surface area contributed by atoms with Crippen molar-refractivity contribution in [2.75, 3.05) is 0 Å². The molecule has 70 valence electrons. The second kappa shape index (κ2) is 3.20. The topological polar surface area (TPSA) is 35.2 Å². The van der Waals surface area contributed by atoms with Crippen LogP contribution in [-0.4, -0.2) is 12.1 Å². The van der Waals surface area contributed by atoms with Crippen LogP contribution in [0.5, 0.6) is 5.75 Å². The molecule has 2 rings (SSSR count). The Morgan fingerprint density at radius 3 is 3.08 bits per heavy atom. The molecule has 2 atom stereocenters. The Hall–Kier alpha value is -0.730. The molecule has 0 fully saturated rings. The molecule has 0 spiro atoms. The fourth-order valence-corrected chi connectivity index (χ4v) is 1.73. The summed E-state index contributed by atoms with van der Waals surface area (Å²) in [6.45, 7) is 1.96. The molecule has 0 saturated carbocycles. The number of hydrogen-bond acceptors (Lipinski definition) is 2. The van der Waals surface area contributed by atoms with E-state index in [0.29, 0.717) is 0 Å². The fourth-order valence-electron chi connectivity index (χ4n) is 1.54. The highest BCUT2D eigenvalue weighted by molar-refractivity contribution is 6.30. The first-order valence-electron chi connectivity index (χ1n) is 4.37. The van der Waals surface area contributed by atoms with Gasteiger partial charge in [0, 0.05) is 17.5 Å². The van der Waals surface area contributed by atoms with E-state index in [4.69, 9.17) is 22.1 Å². The van der Waals surface area contributed by atoms with Gasteiger partial charge in [0.15, 0.2) is 0 Å². The molecule has 0 aliphatic carbocycles. The van der Waals surface area contributed by atoms with Crippen LogP contribution in [0.2, 0.25) is 5.02 Å². The van der Waals surface area contributed by atoms with Crippen LogP contribution in [0.25, 0.3) is 0 Å². The summed E-state index contributed by atoms with van der Waals surface area (Å²) in [5.74, 6) is 0.923. The van der Waals surface area contributed by atoms with E-state index in [0.717, 1.165) is 22.8 Å². The molecule has 3 heteroatoms. The lowest BCUT2D eigenvalue weighted by Crippen LogP contribution is -2.34. The fraction of sp³-hybridized carbons (Fsp3) is 0.400. The van der Waals surface area contributed by atoms with Gasteiger partial charge in [0.2, 0.25) is 0 Å². The number of benzene rings is 1. The molecule has 13 heavy (non-hydrogen) atoms. The van der Waals surface area contributed by atoms with Crippen LogP contribution in [0.1, 0.15) is 12.5 Å². The maximum absolute atomic E-state index is 5.86. The van der Waals surface area contributed by atoms with Crippen molar-refractivity contribution in [3.8, 4) is 5.75 Å². The Morgan fingerprint density at radius 1 is 1.62 bits per heavy atom. The van der Waals surface area contributed by atoms with Gasteiger partial charge in [-0.05, 0) is 30.7 Å². The molecule has 1 aromatic rings. The lowest BCUT2D eigenvalue weighted by atomic mass is 10.1. The Kier molecular flexibility index (Phi) is 2.18. The van der Waals surface area contributed by atoms with E-state index in [1.165, 1.54) is 0 Å². The minimum Gasteiger partial charge on any atom is -0.488 e. The molecule has 2 N–H and O–H groups in total. The minimum atomic E-state index is 0.0613. The third-order valence-electron chi connectivity index (χ3n) is 2.31. The van der Waals surface area contributed by atoms with Crippen molar-refractivity contribution in [3.63, 3.8) is 0 Å². The third kappa shape index (κ3) is 1.64. The lowest BCUT2D eigenvalue weighted by molar-refractivity contribution is 0.206. The van der Waals surface area contributed by atoms with Crippen molar-refractivity contribution in [3.05, 3.63) is 28.8 Å². The maximum atomic E-state index is 5.86. The number of nitrogens with two attached hydrogens (primary N) is 1. The molecule has 2 nitrogen and oxygen atoms in total. The first-order chi connectivity index (χ1) is 6.16. The summed E-state index contributed by atoms with van der Waals surface area (Å²) in [6.07, 6.45) is 0.974. The average molecular weight is 198 g/mol. The van der Waals surface area contributed by atoms with Gasteiger partial charge in [0.05, 0.1) is 0 Å². The molecular weight excluding hydrogens is 186 g/mol. The quantitative estimate of drug-likeness (QED) is 0.748. The second-order valence-electron chi connectivity index (χ2n) is 3.47. The van der Waals surface area contributed by atoms with Crippen LogP contribution in [0.3, 0.4) is 0 Å². The van der Waals surface area contributed by atoms with E-state index in [1.54, 1.807) is 0 Å². The summed E-state index contributed by atoms with van der Waals surface area (Å²) in [5.41, 5.74) is 6.92. The second-order valence-corrected chi connectivity index (χ2v) is 3.91. The molecule has 0 bridgehead atoms. The van der Waals surface area contributed by atoms with Crippen LogP contribution >= 0.6 is 11.6 Å². The van der Waals surface area contributed by atoms with E-state index in [1.807, 2.05) is 25.1 Å². The molecule has 1 aliphatic rings. The molecular formula is C10H12ClNO. The summed E-state index contributed by atoms with van der Waals surface area (Å²) < 4.78 is 5.64. The zero-order valence-electron chi connectivity index (χ0n) is 7.46.